The molecule has 0 amide bonds. The molecule has 0 fully saturated rings. The molecule has 0 saturated heterocycles. The van der Waals surface area contributed by atoms with Crippen LogP contribution in [0.1, 0.15) is 11.6 Å². The van der Waals surface area contributed by atoms with Crippen LogP contribution in [0.25, 0.3) is 0 Å². The van der Waals surface area contributed by atoms with Crippen LogP contribution < -0.4 is 11.1 Å². The van der Waals surface area contributed by atoms with Crippen LogP contribution in [0.15, 0.2) is 42.5 Å². The standard InChI is InChI=1S/C14H13Cl3N2/c15-10-2-1-3-13(7-10)19-14(8-18)9-4-11(16)6-12(17)5-9/h1-7,14,19H,8,18H2. The molecule has 100 valence electrons. The Labute approximate surface area is 127 Å². The Morgan fingerprint density at radius 2 is 1.63 bits per heavy atom. The first-order chi connectivity index (χ1) is 9.08. The summed E-state index contributed by atoms with van der Waals surface area (Å²) >= 11 is 18.0. The molecule has 0 aromatic heterocycles. The molecule has 0 radical (unpaired) electrons. The van der Waals surface area contributed by atoms with Gasteiger partial charge in [0, 0.05) is 27.3 Å². The van der Waals surface area contributed by atoms with Crippen LogP contribution in [-0.2, 0) is 0 Å². The Balaban J connectivity index is 2.24. The molecule has 5 heteroatoms. The van der Waals surface area contributed by atoms with E-state index in [1.54, 1.807) is 6.07 Å². The summed E-state index contributed by atoms with van der Waals surface area (Å²) in [5.74, 6) is 0. The molecule has 2 aromatic carbocycles. The normalized spacial score (nSPS) is 12.2. The summed E-state index contributed by atoms with van der Waals surface area (Å²) in [6.07, 6.45) is 0. The first-order valence-corrected chi connectivity index (χ1v) is 6.90. The lowest BCUT2D eigenvalue weighted by molar-refractivity contribution is 0.790. The van der Waals surface area contributed by atoms with Crippen molar-refractivity contribution in [2.24, 2.45) is 5.73 Å². The molecule has 0 aliphatic carbocycles. The van der Waals surface area contributed by atoms with E-state index in [9.17, 15) is 0 Å². The lowest BCUT2D eigenvalue weighted by atomic mass is 10.1. The number of anilines is 1. The third-order valence-corrected chi connectivity index (χ3v) is 3.36. The first kappa shape index (κ1) is 14.5. The molecule has 0 heterocycles. The van der Waals surface area contributed by atoms with Gasteiger partial charge >= 0.3 is 0 Å². The summed E-state index contributed by atoms with van der Waals surface area (Å²) in [7, 11) is 0. The maximum Gasteiger partial charge on any atom is 0.0637 e. The van der Waals surface area contributed by atoms with Crippen LogP contribution in [-0.4, -0.2) is 6.54 Å². The Hall–Kier alpha value is -0.930. The number of benzene rings is 2. The molecule has 0 bridgehead atoms. The summed E-state index contributed by atoms with van der Waals surface area (Å²) in [6.45, 7) is 0.420. The minimum absolute atomic E-state index is 0.0744. The van der Waals surface area contributed by atoms with Crippen molar-refractivity contribution in [2.75, 3.05) is 11.9 Å². The van der Waals surface area contributed by atoms with Gasteiger partial charge in [-0.15, -0.1) is 0 Å². The minimum atomic E-state index is -0.0744. The molecule has 1 atom stereocenters. The SMILES string of the molecule is NCC(Nc1cccc(Cl)c1)c1cc(Cl)cc(Cl)c1. The second-order valence-corrected chi connectivity index (χ2v) is 5.46. The van der Waals surface area contributed by atoms with E-state index in [0.717, 1.165) is 11.3 Å². The van der Waals surface area contributed by atoms with Crippen LogP contribution in [0.2, 0.25) is 15.1 Å². The molecule has 2 nitrogen and oxygen atoms in total. The first-order valence-electron chi connectivity index (χ1n) is 5.76. The monoisotopic (exact) mass is 314 g/mol. The summed E-state index contributed by atoms with van der Waals surface area (Å²) in [5, 5.41) is 5.17. The highest BCUT2D eigenvalue weighted by molar-refractivity contribution is 6.34. The molecule has 0 spiro atoms. The van der Waals surface area contributed by atoms with E-state index >= 15 is 0 Å². The molecule has 3 N–H and O–H groups in total. The number of nitrogens with one attached hydrogen (secondary N) is 1. The zero-order chi connectivity index (χ0) is 13.8. The van der Waals surface area contributed by atoms with Gasteiger partial charge in [-0.25, -0.2) is 0 Å². The fraction of sp³-hybridized carbons (Fsp3) is 0.143. The third kappa shape index (κ3) is 4.02. The van der Waals surface area contributed by atoms with Gasteiger partial charge in [-0.2, -0.15) is 0 Å². The number of rotatable bonds is 4. The summed E-state index contributed by atoms with van der Waals surface area (Å²) in [4.78, 5) is 0. The molecule has 0 saturated carbocycles. The average molecular weight is 316 g/mol. The fourth-order valence-corrected chi connectivity index (χ4v) is 2.57. The zero-order valence-corrected chi connectivity index (χ0v) is 12.3. The summed E-state index contributed by atoms with van der Waals surface area (Å²) in [6, 6.07) is 12.8. The molecule has 1 unspecified atom stereocenters. The highest BCUT2D eigenvalue weighted by Gasteiger charge is 2.11. The maximum absolute atomic E-state index is 6.01. The van der Waals surface area contributed by atoms with Crippen molar-refractivity contribution in [3.05, 3.63) is 63.1 Å². The van der Waals surface area contributed by atoms with Crippen LogP contribution in [0.3, 0.4) is 0 Å². The van der Waals surface area contributed by atoms with E-state index in [1.807, 2.05) is 36.4 Å². The third-order valence-electron chi connectivity index (χ3n) is 2.69. The molecular formula is C14H13Cl3N2. The molecular weight excluding hydrogens is 303 g/mol. The van der Waals surface area contributed by atoms with Crippen molar-refractivity contribution in [1.29, 1.82) is 0 Å². The van der Waals surface area contributed by atoms with Gasteiger partial charge in [-0.3, -0.25) is 0 Å². The van der Waals surface area contributed by atoms with Gasteiger partial charge in [-0.1, -0.05) is 40.9 Å². The van der Waals surface area contributed by atoms with Crippen LogP contribution in [0.5, 0.6) is 0 Å². The lowest BCUT2D eigenvalue weighted by Gasteiger charge is -2.19. The second-order valence-electron chi connectivity index (χ2n) is 4.15. The van der Waals surface area contributed by atoms with Gasteiger partial charge in [0.15, 0.2) is 0 Å². The largest absolute Gasteiger partial charge is 0.377 e. The van der Waals surface area contributed by atoms with E-state index in [4.69, 9.17) is 40.5 Å². The van der Waals surface area contributed by atoms with Gasteiger partial charge in [0.1, 0.15) is 0 Å². The predicted molar refractivity (Wildman–Crippen MR) is 83.3 cm³/mol. The lowest BCUT2D eigenvalue weighted by Crippen LogP contribution is -2.20. The number of nitrogens with two attached hydrogens (primary N) is 1. The van der Waals surface area contributed by atoms with Crippen LogP contribution in [0, 0.1) is 0 Å². The van der Waals surface area contributed by atoms with E-state index in [1.165, 1.54) is 0 Å². The van der Waals surface area contributed by atoms with Crippen LogP contribution >= 0.6 is 34.8 Å². The van der Waals surface area contributed by atoms with Crippen LogP contribution in [0.4, 0.5) is 5.69 Å². The smallest absolute Gasteiger partial charge is 0.0637 e. The number of hydrogen-bond acceptors (Lipinski definition) is 2. The summed E-state index contributed by atoms with van der Waals surface area (Å²) in [5.41, 5.74) is 7.66. The Bertz CT molecular complexity index is 552. The molecule has 0 aliphatic heterocycles. The topological polar surface area (TPSA) is 38.0 Å². The molecule has 0 aliphatic rings. The van der Waals surface area contributed by atoms with Gasteiger partial charge in [0.2, 0.25) is 0 Å². The van der Waals surface area contributed by atoms with E-state index in [2.05, 4.69) is 5.32 Å². The molecule has 19 heavy (non-hydrogen) atoms. The van der Waals surface area contributed by atoms with Gasteiger partial charge in [-0.05, 0) is 42.0 Å². The molecule has 2 rings (SSSR count). The van der Waals surface area contributed by atoms with Crippen molar-refractivity contribution in [1.82, 2.24) is 0 Å². The zero-order valence-electron chi connectivity index (χ0n) is 10.0. The number of halogens is 3. The van der Waals surface area contributed by atoms with E-state index < -0.39 is 0 Å². The average Bonchev–Trinajstić information content (AvgIpc) is 2.34. The van der Waals surface area contributed by atoms with E-state index in [0.29, 0.717) is 21.6 Å². The van der Waals surface area contributed by atoms with E-state index in [-0.39, 0.29) is 6.04 Å². The van der Waals surface area contributed by atoms with Gasteiger partial charge in [0.25, 0.3) is 0 Å². The molecule has 2 aromatic rings. The predicted octanol–water partition coefficient (Wildman–Crippen LogP) is 4.76. The quantitative estimate of drug-likeness (QED) is 0.853. The highest BCUT2D eigenvalue weighted by atomic mass is 35.5. The van der Waals surface area contributed by atoms with Crippen molar-refractivity contribution < 1.29 is 0 Å². The Kier molecular flexibility index (Phi) is 4.94. The number of hydrogen-bond donors (Lipinski definition) is 2. The van der Waals surface area contributed by atoms with Crippen molar-refractivity contribution >= 4 is 40.5 Å². The summed E-state index contributed by atoms with van der Waals surface area (Å²) < 4.78 is 0. The fourth-order valence-electron chi connectivity index (χ4n) is 1.83. The second kappa shape index (κ2) is 6.49. The van der Waals surface area contributed by atoms with Crippen molar-refractivity contribution in [2.45, 2.75) is 6.04 Å². The Morgan fingerprint density at radius 1 is 0.947 bits per heavy atom. The van der Waals surface area contributed by atoms with Gasteiger partial charge < -0.3 is 11.1 Å². The highest BCUT2D eigenvalue weighted by Crippen LogP contribution is 2.26. The Morgan fingerprint density at radius 3 is 2.21 bits per heavy atom. The van der Waals surface area contributed by atoms with Crippen molar-refractivity contribution in [3.63, 3.8) is 0 Å². The van der Waals surface area contributed by atoms with Crippen molar-refractivity contribution in [3.8, 4) is 0 Å². The maximum atomic E-state index is 6.01. The van der Waals surface area contributed by atoms with Gasteiger partial charge in [0.05, 0.1) is 6.04 Å². The minimum Gasteiger partial charge on any atom is -0.377 e.